The van der Waals surface area contributed by atoms with Gasteiger partial charge in [0.15, 0.2) is 0 Å². The van der Waals surface area contributed by atoms with Gasteiger partial charge in [-0.2, -0.15) is 0 Å². The zero-order chi connectivity index (χ0) is 15.7. The Kier molecular flexibility index (Phi) is 7.81. The van der Waals surface area contributed by atoms with Gasteiger partial charge in [-0.3, -0.25) is 4.79 Å². The Balaban J connectivity index is 2.58. The Morgan fingerprint density at radius 2 is 1.81 bits per heavy atom. The maximum absolute atomic E-state index is 11.8. The van der Waals surface area contributed by atoms with E-state index in [9.17, 15) is 4.79 Å². The molecule has 0 aliphatic rings. The molecule has 0 saturated heterocycles. The SMILES string of the molecule is C=C(C)C(=O)NC(CCC)CCC(CC)c1ccccc1. The van der Waals surface area contributed by atoms with Crippen molar-refractivity contribution in [3.8, 4) is 0 Å². The lowest BCUT2D eigenvalue weighted by atomic mass is 9.89. The van der Waals surface area contributed by atoms with Crippen molar-refractivity contribution < 1.29 is 4.79 Å². The largest absolute Gasteiger partial charge is 0.350 e. The molecule has 1 N–H and O–H groups in total. The lowest BCUT2D eigenvalue weighted by Gasteiger charge is -2.22. The van der Waals surface area contributed by atoms with E-state index in [1.54, 1.807) is 6.92 Å². The summed E-state index contributed by atoms with van der Waals surface area (Å²) >= 11 is 0. The summed E-state index contributed by atoms with van der Waals surface area (Å²) in [5.74, 6) is 0.563. The Morgan fingerprint density at radius 3 is 2.33 bits per heavy atom. The minimum absolute atomic E-state index is 0.0128. The van der Waals surface area contributed by atoms with Gasteiger partial charge in [-0.05, 0) is 44.1 Å². The van der Waals surface area contributed by atoms with Crippen LogP contribution < -0.4 is 5.32 Å². The third-order valence-electron chi connectivity index (χ3n) is 3.99. The van der Waals surface area contributed by atoms with Gasteiger partial charge in [-0.15, -0.1) is 0 Å². The minimum atomic E-state index is -0.0128. The van der Waals surface area contributed by atoms with Gasteiger partial charge in [0, 0.05) is 11.6 Å². The Morgan fingerprint density at radius 1 is 1.14 bits per heavy atom. The summed E-state index contributed by atoms with van der Waals surface area (Å²) in [6.07, 6.45) is 5.40. The van der Waals surface area contributed by atoms with Gasteiger partial charge >= 0.3 is 0 Å². The average molecular weight is 287 g/mol. The van der Waals surface area contributed by atoms with Crippen LogP contribution in [0.5, 0.6) is 0 Å². The van der Waals surface area contributed by atoms with E-state index in [0.29, 0.717) is 11.5 Å². The number of rotatable bonds is 9. The number of hydrogen-bond acceptors (Lipinski definition) is 1. The fraction of sp³-hybridized carbons (Fsp3) is 0.526. The molecule has 1 rings (SSSR count). The molecular formula is C19H29NO. The first-order valence-electron chi connectivity index (χ1n) is 8.09. The summed E-state index contributed by atoms with van der Waals surface area (Å²) in [5.41, 5.74) is 1.99. The molecule has 0 aliphatic heterocycles. The normalized spacial score (nSPS) is 13.5. The number of nitrogens with one attached hydrogen (secondary N) is 1. The monoisotopic (exact) mass is 287 g/mol. The maximum atomic E-state index is 11.8. The third-order valence-corrected chi connectivity index (χ3v) is 3.99. The van der Waals surface area contributed by atoms with Crippen LogP contribution in [-0.4, -0.2) is 11.9 Å². The van der Waals surface area contributed by atoms with Crippen LogP contribution in [0.25, 0.3) is 0 Å². The topological polar surface area (TPSA) is 29.1 Å². The first kappa shape index (κ1) is 17.5. The van der Waals surface area contributed by atoms with E-state index < -0.39 is 0 Å². The van der Waals surface area contributed by atoms with Crippen molar-refractivity contribution in [2.75, 3.05) is 0 Å². The van der Waals surface area contributed by atoms with Crippen LogP contribution in [0.1, 0.15) is 64.4 Å². The number of carbonyl (C=O) groups excluding carboxylic acids is 1. The van der Waals surface area contributed by atoms with Crippen LogP contribution in [0.15, 0.2) is 42.5 Å². The van der Waals surface area contributed by atoms with E-state index in [4.69, 9.17) is 0 Å². The predicted octanol–water partition coefficient (Wildman–Crippen LogP) is 4.82. The molecule has 2 unspecified atom stereocenters. The van der Waals surface area contributed by atoms with Crippen LogP contribution in [0.3, 0.4) is 0 Å². The van der Waals surface area contributed by atoms with Gasteiger partial charge in [0.1, 0.15) is 0 Å². The van der Waals surface area contributed by atoms with E-state index in [2.05, 4.69) is 56.1 Å². The van der Waals surface area contributed by atoms with Crippen molar-refractivity contribution in [1.82, 2.24) is 5.32 Å². The molecular weight excluding hydrogens is 258 g/mol. The van der Waals surface area contributed by atoms with Crippen molar-refractivity contribution in [2.45, 2.75) is 64.8 Å². The fourth-order valence-electron chi connectivity index (χ4n) is 2.68. The second-order valence-corrected chi connectivity index (χ2v) is 5.83. The first-order chi connectivity index (χ1) is 10.1. The van der Waals surface area contributed by atoms with Crippen molar-refractivity contribution in [1.29, 1.82) is 0 Å². The van der Waals surface area contributed by atoms with Crippen molar-refractivity contribution in [3.63, 3.8) is 0 Å². The van der Waals surface area contributed by atoms with E-state index >= 15 is 0 Å². The number of benzene rings is 1. The number of carbonyl (C=O) groups is 1. The summed E-state index contributed by atoms with van der Waals surface area (Å²) in [6, 6.07) is 10.9. The molecule has 1 aromatic carbocycles. The average Bonchev–Trinajstić information content (AvgIpc) is 2.48. The summed E-state index contributed by atoms with van der Waals surface area (Å²) in [5, 5.41) is 3.11. The quantitative estimate of drug-likeness (QED) is 0.648. The molecule has 21 heavy (non-hydrogen) atoms. The Hall–Kier alpha value is -1.57. The number of amides is 1. The molecule has 0 radical (unpaired) electrons. The molecule has 1 aromatic rings. The van der Waals surface area contributed by atoms with Crippen LogP contribution in [0, 0.1) is 0 Å². The molecule has 2 nitrogen and oxygen atoms in total. The summed E-state index contributed by atoms with van der Waals surface area (Å²) in [4.78, 5) is 11.8. The summed E-state index contributed by atoms with van der Waals surface area (Å²) in [7, 11) is 0. The van der Waals surface area contributed by atoms with E-state index in [1.807, 2.05) is 0 Å². The molecule has 0 aromatic heterocycles. The maximum Gasteiger partial charge on any atom is 0.246 e. The van der Waals surface area contributed by atoms with E-state index in [-0.39, 0.29) is 11.9 Å². The van der Waals surface area contributed by atoms with Gasteiger partial charge < -0.3 is 5.32 Å². The molecule has 0 saturated carbocycles. The Labute approximate surface area is 129 Å². The standard InChI is InChI=1S/C19H29NO/c1-5-10-18(20-19(21)15(3)4)14-13-16(6-2)17-11-8-7-9-12-17/h7-9,11-12,16,18H,3,5-6,10,13-14H2,1-2,4H3,(H,20,21). The van der Waals surface area contributed by atoms with E-state index in [0.717, 1.165) is 32.1 Å². The smallest absolute Gasteiger partial charge is 0.246 e. The Bertz CT molecular complexity index is 438. The fourth-order valence-corrected chi connectivity index (χ4v) is 2.68. The highest BCUT2D eigenvalue weighted by Crippen LogP contribution is 2.25. The summed E-state index contributed by atoms with van der Waals surface area (Å²) < 4.78 is 0. The van der Waals surface area contributed by atoms with Crippen LogP contribution in [0.4, 0.5) is 0 Å². The van der Waals surface area contributed by atoms with Crippen molar-refractivity contribution >= 4 is 5.91 Å². The van der Waals surface area contributed by atoms with Gasteiger partial charge in [0.25, 0.3) is 0 Å². The van der Waals surface area contributed by atoms with Gasteiger partial charge in [0.2, 0.25) is 5.91 Å². The zero-order valence-electron chi connectivity index (χ0n) is 13.7. The molecule has 1 amide bonds. The lowest BCUT2D eigenvalue weighted by molar-refractivity contribution is -0.118. The third kappa shape index (κ3) is 6.16. The van der Waals surface area contributed by atoms with Gasteiger partial charge in [-0.25, -0.2) is 0 Å². The zero-order valence-corrected chi connectivity index (χ0v) is 13.7. The second kappa shape index (κ2) is 9.38. The van der Waals surface area contributed by atoms with Gasteiger partial charge in [0.05, 0.1) is 0 Å². The minimum Gasteiger partial charge on any atom is -0.350 e. The molecule has 2 heteroatoms. The van der Waals surface area contributed by atoms with Crippen molar-refractivity contribution in [2.24, 2.45) is 0 Å². The highest BCUT2D eigenvalue weighted by molar-refractivity contribution is 5.92. The molecule has 0 heterocycles. The van der Waals surface area contributed by atoms with Crippen LogP contribution >= 0.6 is 0 Å². The van der Waals surface area contributed by atoms with Crippen LogP contribution in [0.2, 0.25) is 0 Å². The predicted molar refractivity (Wildman–Crippen MR) is 90.4 cm³/mol. The van der Waals surface area contributed by atoms with Crippen LogP contribution in [-0.2, 0) is 4.79 Å². The second-order valence-electron chi connectivity index (χ2n) is 5.83. The molecule has 0 bridgehead atoms. The highest BCUT2D eigenvalue weighted by Gasteiger charge is 2.15. The molecule has 0 fully saturated rings. The van der Waals surface area contributed by atoms with Crippen molar-refractivity contribution in [3.05, 3.63) is 48.0 Å². The molecule has 0 spiro atoms. The number of hydrogen-bond donors (Lipinski definition) is 1. The lowest BCUT2D eigenvalue weighted by Crippen LogP contribution is -2.35. The highest BCUT2D eigenvalue weighted by atomic mass is 16.1. The molecule has 116 valence electrons. The summed E-state index contributed by atoms with van der Waals surface area (Å²) in [6.45, 7) is 9.87. The molecule has 2 atom stereocenters. The molecule has 0 aliphatic carbocycles. The van der Waals surface area contributed by atoms with Gasteiger partial charge in [-0.1, -0.05) is 57.2 Å². The first-order valence-corrected chi connectivity index (χ1v) is 8.09. The van der Waals surface area contributed by atoms with E-state index in [1.165, 1.54) is 5.56 Å².